The van der Waals surface area contributed by atoms with Gasteiger partial charge in [-0.1, -0.05) is 6.92 Å². The molecule has 16 heavy (non-hydrogen) atoms. The number of aromatic nitrogens is 1. The lowest BCUT2D eigenvalue weighted by Crippen LogP contribution is -2.23. The second-order valence-electron chi connectivity index (χ2n) is 4.59. The van der Waals surface area contributed by atoms with Gasteiger partial charge in [0.1, 0.15) is 0 Å². The van der Waals surface area contributed by atoms with E-state index in [9.17, 15) is 8.42 Å². The topological polar surface area (TPSA) is 73.0 Å². The SMILES string of the molecule is CC1(c2nc(CCN)cs2)CCS(=O)(=O)C1. The summed E-state index contributed by atoms with van der Waals surface area (Å²) in [5, 5.41) is 2.93. The number of hydrogen-bond donors (Lipinski definition) is 1. The van der Waals surface area contributed by atoms with Crippen molar-refractivity contribution in [3.8, 4) is 0 Å². The summed E-state index contributed by atoms with van der Waals surface area (Å²) in [7, 11) is -2.86. The second kappa shape index (κ2) is 4.09. The molecule has 0 saturated carbocycles. The molecule has 0 spiro atoms. The van der Waals surface area contributed by atoms with Crippen molar-refractivity contribution in [3.63, 3.8) is 0 Å². The molecule has 0 aromatic carbocycles. The van der Waals surface area contributed by atoms with E-state index >= 15 is 0 Å². The van der Waals surface area contributed by atoms with Crippen LogP contribution in [0.2, 0.25) is 0 Å². The Kier molecular flexibility index (Phi) is 3.07. The smallest absolute Gasteiger partial charge is 0.151 e. The molecule has 0 bridgehead atoms. The van der Waals surface area contributed by atoms with Gasteiger partial charge in [-0.2, -0.15) is 0 Å². The van der Waals surface area contributed by atoms with Gasteiger partial charge in [0.2, 0.25) is 0 Å². The molecule has 1 fully saturated rings. The normalized spacial score (nSPS) is 28.4. The van der Waals surface area contributed by atoms with Crippen LogP contribution in [-0.2, 0) is 21.7 Å². The van der Waals surface area contributed by atoms with Crippen molar-refractivity contribution in [1.29, 1.82) is 0 Å². The number of hydrogen-bond acceptors (Lipinski definition) is 5. The minimum Gasteiger partial charge on any atom is -0.330 e. The Bertz CT molecular complexity index is 481. The van der Waals surface area contributed by atoms with Crippen LogP contribution in [0.4, 0.5) is 0 Å². The Hall–Kier alpha value is -0.460. The third kappa shape index (κ3) is 2.28. The first-order chi connectivity index (χ1) is 7.45. The molecule has 1 saturated heterocycles. The Morgan fingerprint density at radius 1 is 1.62 bits per heavy atom. The highest BCUT2D eigenvalue weighted by molar-refractivity contribution is 7.91. The van der Waals surface area contributed by atoms with Gasteiger partial charge in [-0.05, 0) is 13.0 Å². The van der Waals surface area contributed by atoms with Crippen LogP contribution in [0.15, 0.2) is 5.38 Å². The number of nitrogens with two attached hydrogens (primary N) is 1. The number of rotatable bonds is 3. The van der Waals surface area contributed by atoms with Crippen LogP contribution >= 0.6 is 11.3 Å². The van der Waals surface area contributed by atoms with Gasteiger partial charge in [-0.25, -0.2) is 13.4 Å². The van der Waals surface area contributed by atoms with E-state index in [1.165, 1.54) is 0 Å². The minimum atomic E-state index is -2.86. The molecule has 1 atom stereocenters. The van der Waals surface area contributed by atoms with Gasteiger partial charge in [0, 0.05) is 17.2 Å². The first-order valence-electron chi connectivity index (χ1n) is 5.31. The highest BCUT2D eigenvalue weighted by Gasteiger charge is 2.41. The average molecular weight is 260 g/mol. The first-order valence-corrected chi connectivity index (χ1v) is 8.01. The Balaban J connectivity index is 2.23. The van der Waals surface area contributed by atoms with Gasteiger partial charge >= 0.3 is 0 Å². The van der Waals surface area contributed by atoms with Gasteiger partial charge in [0.05, 0.1) is 22.2 Å². The number of thiazole rings is 1. The maximum Gasteiger partial charge on any atom is 0.151 e. The lowest BCUT2D eigenvalue weighted by atomic mass is 9.91. The number of nitrogens with zero attached hydrogens (tertiary/aromatic N) is 1. The van der Waals surface area contributed by atoms with E-state index in [2.05, 4.69) is 4.98 Å². The lowest BCUT2D eigenvalue weighted by Gasteiger charge is -2.18. The van der Waals surface area contributed by atoms with Crippen LogP contribution in [0, 0.1) is 0 Å². The molecule has 1 aromatic heterocycles. The summed E-state index contributed by atoms with van der Waals surface area (Å²) in [6.07, 6.45) is 1.45. The van der Waals surface area contributed by atoms with Crippen LogP contribution in [0.25, 0.3) is 0 Å². The average Bonchev–Trinajstić information content (AvgIpc) is 2.73. The predicted molar refractivity (Wildman–Crippen MR) is 65.5 cm³/mol. The molecule has 2 rings (SSSR count). The molecule has 1 aliphatic heterocycles. The Morgan fingerprint density at radius 2 is 2.38 bits per heavy atom. The quantitative estimate of drug-likeness (QED) is 0.869. The fraction of sp³-hybridized carbons (Fsp3) is 0.700. The van der Waals surface area contributed by atoms with Crippen molar-refractivity contribution >= 4 is 21.2 Å². The molecule has 1 aromatic rings. The summed E-state index contributed by atoms with van der Waals surface area (Å²) < 4.78 is 23.0. The molecule has 4 nitrogen and oxygen atoms in total. The highest BCUT2D eigenvalue weighted by atomic mass is 32.2. The molecule has 0 radical (unpaired) electrons. The van der Waals surface area contributed by atoms with E-state index in [0.717, 1.165) is 17.1 Å². The molecule has 1 aliphatic rings. The van der Waals surface area contributed by atoms with Crippen LogP contribution in [0.3, 0.4) is 0 Å². The van der Waals surface area contributed by atoms with Gasteiger partial charge in [0.15, 0.2) is 9.84 Å². The predicted octanol–water partition coefficient (Wildman–Crippen LogP) is 0.721. The molecule has 90 valence electrons. The molecule has 2 heterocycles. The molecular weight excluding hydrogens is 244 g/mol. The summed E-state index contributed by atoms with van der Waals surface area (Å²) in [5.74, 6) is 0.519. The van der Waals surface area contributed by atoms with Crippen LogP contribution in [0.1, 0.15) is 24.0 Å². The van der Waals surface area contributed by atoms with Crippen LogP contribution in [-0.4, -0.2) is 31.5 Å². The maximum atomic E-state index is 11.5. The van der Waals surface area contributed by atoms with Crippen molar-refractivity contribution in [3.05, 3.63) is 16.1 Å². The van der Waals surface area contributed by atoms with E-state index in [0.29, 0.717) is 13.0 Å². The zero-order chi connectivity index (χ0) is 11.8. The first kappa shape index (κ1) is 12.0. The van der Waals surface area contributed by atoms with Crippen molar-refractivity contribution in [2.45, 2.75) is 25.2 Å². The fourth-order valence-corrected chi connectivity index (χ4v) is 5.32. The third-order valence-corrected chi connectivity index (χ3v) is 6.07. The van der Waals surface area contributed by atoms with Gasteiger partial charge in [0.25, 0.3) is 0 Å². The summed E-state index contributed by atoms with van der Waals surface area (Å²) in [5.41, 5.74) is 6.17. The van der Waals surface area contributed by atoms with Crippen molar-refractivity contribution in [2.24, 2.45) is 5.73 Å². The van der Waals surface area contributed by atoms with Gasteiger partial charge in [-0.3, -0.25) is 0 Å². The van der Waals surface area contributed by atoms with Gasteiger partial charge in [-0.15, -0.1) is 11.3 Å². The van der Waals surface area contributed by atoms with Crippen molar-refractivity contribution < 1.29 is 8.42 Å². The van der Waals surface area contributed by atoms with Crippen LogP contribution in [0.5, 0.6) is 0 Å². The van der Waals surface area contributed by atoms with Crippen LogP contribution < -0.4 is 5.73 Å². The zero-order valence-corrected chi connectivity index (χ0v) is 10.9. The lowest BCUT2D eigenvalue weighted by molar-refractivity contribution is 0.531. The monoisotopic (exact) mass is 260 g/mol. The third-order valence-electron chi connectivity index (χ3n) is 2.97. The molecular formula is C10H16N2O2S2. The molecule has 0 amide bonds. The van der Waals surface area contributed by atoms with Gasteiger partial charge < -0.3 is 5.73 Å². The maximum absolute atomic E-state index is 11.5. The summed E-state index contributed by atoms with van der Waals surface area (Å²) in [4.78, 5) is 4.49. The van der Waals surface area contributed by atoms with E-state index in [1.54, 1.807) is 11.3 Å². The highest BCUT2D eigenvalue weighted by Crippen LogP contribution is 2.37. The van der Waals surface area contributed by atoms with Crippen molar-refractivity contribution in [1.82, 2.24) is 4.98 Å². The summed E-state index contributed by atoms with van der Waals surface area (Å²) in [6, 6.07) is 0. The van der Waals surface area contributed by atoms with E-state index in [-0.39, 0.29) is 16.9 Å². The second-order valence-corrected chi connectivity index (χ2v) is 7.63. The molecule has 1 unspecified atom stereocenters. The largest absolute Gasteiger partial charge is 0.330 e. The summed E-state index contributed by atoms with van der Waals surface area (Å²) in [6.45, 7) is 2.57. The Labute approximate surface area is 99.8 Å². The fourth-order valence-electron chi connectivity index (χ4n) is 2.03. The zero-order valence-electron chi connectivity index (χ0n) is 9.27. The summed E-state index contributed by atoms with van der Waals surface area (Å²) >= 11 is 1.56. The van der Waals surface area contributed by atoms with E-state index in [1.807, 2.05) is 12.3 Å². The number of sulfone groups is 1. The molecule has 6 heteroatoms. The van der Waals surface area contributed by atoms with Crippen molar-refractivity contribution in [2.75, 3.05) is 18.1 Å². The standard InChI is InChI=1S/C10H16N2O2S2/c1-10(3-5-16(13,14)7-10)9-12-8(2-4-11)6-15-9/h6H,2-5,7,11H2,1H3. The molecule has 2 N–H and O–H groups in total. The van der Waals surface area contributed by atoms with E-state index < -0.39 is 9.84 Å². The molecule has 0 aliphatic carbocycles. The van der Waals surface area contributed by atoms with E-state index in [4.69, 9.17) is 5.73 Å². The Morgan fingerprint density at radius 3 is 2.94 bits per heavy atom. The minimum absolute atomic E-state index is 0.232.